The van der Waals surface area contributed by atoms with Gasteiger partial charge in [-0.05, 0) is 12.8 Å². The van der Waals surface area contributed by atoms with E-state index < -0.39 is 11.9 Å². The van der Waals surface area contributed by atoms with Crippen LogP contribution in [0.2, 0.25) is 0 Å². The lowest BCUT2D eigenvalue weighted by Gasteiger charge is -2.09. The molecular weight excluding hydrogens is 261 g/mol. The van der Waals surface area contributed by atoms with Crippen molar-refractivity contribution in [3.8, 4) is 0 Å². The zero-order chi connectivity index (χ0) is 13.6. The Morgan fingerprint density at radius 1 is 1.39 bits per heavy atom. The van der Waals surface area contributed by atoms with Gasteiger partial charge in [0.15, 0.2) is 5.69 Å². The lowest BCUT2D eigenvalue weighted by atomic mass is 10.2. The number of nitrogens with one attached hydrogen (secondary N) is 1. The lowest BCUT2D eigenvalue weighted by molar-refractivity contribution is -0.141. The summed E-state index contributed by atoms with van der Waals surface area (Å²) in [5, 5.41) is 3.66. The Morgan fingerprint density at radius 2 is 2.00 bits per heavy atom. The van der Waals surface area contributed by atoms with E-state index in [4.69, 9.17) is 0 Å². The number of nitrogens with zero attached hydrogens (tertiary/aromatic N) is 1. The minimum Gasteiger partial charge on any atom is -0.310 e. The summed E-state index contributed by atoms with van der Waals surface area (Å²) in [6, 6.07) is 0.160. The minimum atomic E-state index is -4.35. The first-order chi connectivity index (χ1) is 8.22. The normalized spacial score (nSPS) is 18.4. The highest BCUT2D eigenvalue weighted by Gasteiger charge is 2.45. The van der Waals surface area contributed by atoms with Gasteiger partial charge in [0.2, 0.25) is 0 Å². The van der Waals surface area contributed by atoms with Crippen molar-refractivity contribution < 1.29 is 13.2 Å². The molecule has 1 aliphatic carbocycles. The zero-order valence-corrected chi connectivity index (χ0v) is 11.5. The quantitative estimate of drug-likeness (QED) is 0.908. The van der Waals surface area contributed by atoms with Crippen LogP contribution < -0.4 is 5.32 Å². The summed E-state index contributed by atoms with van der Waals surface area (Å²) in [6.07, 6.45) is -2.47. The van der Waals surface area contributed by atoms with Gasteiger partial charge in [0, 0.05) is 18.0 Å². The van der Waals surface area contributed by atoms with E-state index in [1.54, 1.807) is 0 Å². The second-order valence-electron chi connectivity index (χ2n) is 5.38. The first-order valence-corrected chi connectivity index (χ1v) is 6.85. The molecule has 2 rings (SSSR count). The molecule has 1 N–H and O–H groups in total. The molecule has 1 aliphatic rings. The van der Waals surface area contributed by atoms with Gasteiger partial charge < -0.3 is 5.32 Å². The molecule has 1 fully saturated rings. The van der Waals surface area contributed by atoms with Gasteiger partial charge in [-0.2, -0.15) is 13.2 Å². The number of hydrogen-bond acceptors (Lipinski definition) is 3. The Hall–Kier alpha value is -0.620. The van der Waals surface area contributed by atoms with Crippen molar-refractivity contribution in [2.75, 3.05) is 0 Å². The van der Waals surface area contributed by atoms with Crippen LogP contribution >= 0.6 is 11.3 Å². The molecule has 0 aliphatic heterocycles. The summed E-state index contributed by atoms with van der Waals surface area (Å²) < 4.78 is 38.7. The van der Waals surface area contributed by atoms with Crippen LogP contribution in [0.5, 0.6) is 0 Å². The third-order valence-electron chi connectivity index (χ3n) is 3.15. The third-order valence-corrected chi connectivity index (χ3v) is 4.51. The lowest BCUT2D eigenvalue weighted by Crippen LogP contribution is -2.23. The summed E-state index contributed by atoms with van der Waals surface area (Å²) in [4.78, 5) is 4.15. The average Bonchev–Trinajstić information content (AvgIpc) is 2.82. The van der Waals surface area contributed by atoms with Crippen molar-refractivity contribution in [3.63, 3.8) is 0 Å². The molecule has 6 heteroatoms. The topological polar surface area (TPSA) is 24.9 Å². The third kappa shape index (κ3) is 2.85. The molecule has 0 amide bonds. The molecular formula is C12H17F3N2S. The fourth-order valence-corrected chi connectivity index (χ4v) is 2.88. The highest BCUT2D eigenvalue weighted by atomic mass is 32.1. The van der Waals surface area contributed by atoms with Crippen LogP contribution in [0, 0.1) is 0 Å². The van der Waals surface area contributed by atoms with Crippen LogP contribution in [-0.2, 0) is 18.1 Å². The van der Waals surface area contributed by atoms with Crippen molar-refractivity contribution in [2.24, 2.45) is 0 Å². The second-order valence-corrected chi connectivity index (χ2v) is 6.47. The van der Waals surface area contributed by atoms with Crippen molar-refractivity contribution in [1.82, 2.24) is 10.3 Å². The summed E-state index contributed by atoms with van der Waals surface area (Å²) in [5.41, 5.74) is -0.815. The minimum absolute atomic E-state index is 0.110. The van der Waals surface area contributed by atoms with E-state index in [1.165, 1.54) is 11.3 Å². The van der Waals surface area contributed by atoms with Gasteiger partial charge in [0.05, 0.1) is 9.88 Å². The van der Waals surface area contributed by atoms with Crippen LogP contribution in [0.25, 0.3) is 0 Å². The smallest absolute Gasteiger partial charge is 0.310 e. The van der Waals surface area contributed by atoms with Crippen LogP contribution in [-0.4, -0.2) is 11.0 Å². The highest BCUT2D eigenvalue weighted by molar-refractivity contribution is 7.12. The SMILES string of the molecule is CC(C)NCc1sc(C2(C)CC2)nc1C(F)(F)F. The van der Waals surface area contributed by atoms with Crippen molar-refractivity contribution in [3.05, 3.63) is 15.6 Å². The summed E-state index contributed by atoms with van der Waals surface area (Å²) in [6.45, 7) is 6.04. The number of rotatable bonds is 4. The molecule has 2 nitrogen and oxygen atoms in total. The van der Waals surface area contributed by atoms with E-state index in [0.29, 0.717) is 9.88 Å². The molecule has 0 unspecified atom stereocenters. The highest BCUT2D eigenvalue weighted by Crippen LogP contribution is 2.50. The van der Waals surface area contributed by atoms with Crippen LogP contribution in [0.3, 0.4) is 0 Å². The Kier molecular flexibility index (Phi) is 3.44. The first kappa shape index (κ1) is 13.8. The van der Waals surface area contributed by atoms with E-state index in [0.717, 1.165) is 12.8 Å². The molecule has 0 saturated heterocycles. The fourth-order valence-electron chi connectivity index (χ4n) is 1.65. The van der Waals surface area contributed by atoms with Gasteiger partial charge in [0.1, 0.15) is 0 Å². The van der Waals surface area contributed by atoms with E-state index in [2.05, 4.69) is 10.3 Å². The molecule has 1 heterocycles. The monoisotopic (exact) mass is 278 g/mol. The van der Waals surface area contributed by atoms with Gasteiger partial charge >= 0.3 is 6.18 Å². The van der Waals surface area contributed by atoms with Gasteiger partial charge in [-0.25, -0.2) is 4.98 Å². The molecule has 1 saturated carbocycles. The maximum absolute atomic E-state index is 12.9. The van der Waals surface area contributed by atoms with Gasteiger partial charge in [-0.1, -0.05) is 20.8 Å². The maximum Gasteiger partial charge on any atom is 0.434 e. The van der Waals surface area contributed by atoms with Crippen molar-refractivity contribution in [1.29, 1.82) is 0 Å². The average molecular weight is 278 g/mol. The second kappa shape index (κ2) is 4.49. The van der Waals surface area contributed by atoms with Crippen LogP contribution in [0.4, 0.5) is 13.2 Å². The number of aromatic nitrogens is 1. The van der Waals surface area contributed by atoms with E-state index in [9.17, 15) is 13.2 Å². The number of thiazole rings is 1. The summed E-state index contributed by atoms with van der Waals surface area (Å²) in [7, 11) is 0. The maximum atomic E-state index is 12.9. The van der Waals surface area contributed by atoms with Gasteiger partial charge in [-0.3, -0.25) is 0 Å². The van der Waals surface area contributed by atoms with Gasteiger partial charge in [-0.15, -0.1) is 11.3 Å². The molecule has 0 radical (unpaired) electrons. The molecule has 0 aromatic carbocycles. The van der Waals surface area contributed by atoms with Crippen molar-refractivity contribution >= 4 is 11.3 Å². The molecule has 0 atom stereocenters. The Morgan fingerprint density at radius 3 is 2.44 bits per heavy atom. The molecule has 18 heavy (non-hydrogen) atoms. The molecule has 1 aromatic rings. The van der Waals surface area contributed by atoms with E-state index >= 15 is 0 Å². The Bertz CT molecular complexity index is 433. The molecule has 102 valence electrons. The largest absolute Gasteiger partial charge is 0.434 e. The standard InChI is InChI=1S/C12H17F3N2S/c1-7(2)16-6-8-9(12(13,14)15)17-10(18-8)11(3)4-5-11/h7,16H,4-6H2,1-3H3. The van der Waals surface area contributed by atoms with Gasteiger partial charge in [0.25, 0.3) is 0 Å². The Labute approximate surface area is 109 Å². The predicted octanol–water partition coefficient (Wildman–Crippen LogP) is 3.71. The summed E-state index contributed by atoms with van der Waals surface area (Å²) >= 11 is 1.20. The van der Waals surface area contributed by atoms with Crippen molar-refractivity contribution in [2.45, 2.75) is 57.8 Å². The number of alkyl halides is 3. The zero-order valence-electron chi connectivity index (χ0n) is 10.7. The molecule has 1 aromatic heterocycles. The Balaban J connectivity index is 2.27. The molecule has 0 spiro atoms. The van der Waals surface area contributed by atoms with Crippen LogP contribution in [0.1, 0.15) is 49.2 Å². The first-order valence-electron chi connectivity index (χ1n) is 6.03. The fraction of sp³-hybridized carbons (Fsp3) is 0.750. The number of hydrogen-bond donors (Lipinski definition) is 1. The van der Waals surface area contributed by atoms with Crippen LogP contribution in [0.15, 0.2) is 0 Å². The molecule has 0 bridgehead atoms. The summed E-state index contributed by atoms with van der Waals surface area (Å²) in [5.74, 6) is 0. The number of halogens is 3. The van der Waals surface area contributed by atoms with E-state index in [1.807, 2.05) is 20.8 Å². The predicted molar refractivity (Wildman–Crippen MR) is 65.7 cm³/mol. The van der Waals surface area contributed by atoms with E-state index in [-0.39, 0.29) is 18.0 Å².